The van der Waals surface area contributed by atoms with Gasteiger partial charge in [-0.25, -0.2) is 4.98 Å². The second-order valence-corrected chi connectivity index (χ2v) is 5.11. The van der Waals surface area contributed by atoms with Crippen LogP contribution < -0.4 is 10.1 Å². The van der Waals surface area contributed by atoms with E-state index in [-0.39, 0.29) is 0 Å². The highest BCUT2D eigenvalue weighted by atomic mass is 32.1. The van der Waals surface area contributed by atoms with E-state index in [1.54, 1.807) is 11.3 Å². The molecule has 0 amide bonds. The van der Waals surface area contributed by atoms with Crippen LogP contribution in [0.2, 0.25) is 0 Å². The number of hydrogen-bond donors (Lipinski definition) is 1. The van der Waals surface area contributed by atoms with Gasteiger partial charge >= 0.3 is 0 Å². The van der Waals surface area contributed by atoms with Crippen LogP contribution in [-0.2, 0) is 6.61 Å². The summed E-state index contributed by atoms with van der Waals surface area (Å²) in [5, 5.41) is 5.41. The lowest BCUT2D eigenvalue weighted by Crippen LogP contribution is -2.17. The van der Waals surface area contributed by atoms with Crippen LogP contribution in [0.25, 0.3) is 0 Å². The predicted molar refractivity (Wildman–Crippen MR) is 75.0 cm³/mol. The molecule has 0 fully saturated rings. The minimum Gasteiger partial charge on any atom is -0.472 e. The van der Waals surface area contributed by atoms with E-state index in [4.69, 9.17) is 4.74 Å². The second kappa shape index (κ2) is 6.52. The molecule has 0 radical (unpaired) electrons. The van der Waals surface area contributed by atoms with Crippen molar-refractivity contribution in [2.75, 3.05) is 6.54 Å². The van der Waals surface area contributed by atoms with Gasteiger partial charge in [-0.15, -0.1) is 11.3 Å². The van der Waals surface area contributed by atoms with E-state index >= 15 is 0 Å². The normalized spacial score (nSPS) is 12.3. The quantitative estimate of drug-likeness (QED) is 0.866. The van der Waals surface area contributed by atoms with Crippen molar-refractivity contribution in [2.45, 2.75) is 26.5 Å². The first-order chi connectivity index (χ1) is 8.79. The number of ether oxygens (including phenoxy) is 1. The van der Waals surface area contributed by atoms with Crippen LogP contribution in [0.1, 0.15) is 30.3 Å². The van der Waals surface area contributed by atoms with Crippen molar-refractivity contribution < 1.29 is 4.74 Å². The topological polar surface area (TPSA) is 34.1 Å². The molecule has 0 aliphatic heterocycles. The molecule has 0 aromatic carbocycles. The number of thiophene rings is 1. The number of pyridine rings is 1. The molecule has 2 heterocycles. The van der Waals surface area contributed by atoms with Gasteiger partial charge < -0.3 is 10.1 Å². The molecule has 2 aromatic rings. The van der Waals surface area contributed by atoms with Crippen molar-refractivity contribution in [3.05, 3.63) is 46.3 Å². The highest BCUT2D eigenvalue weighted by Gasteiger charge is 2.04. The van der Waals surface area contributed by atoms with Gasteiger partial charge in [-0.3, -0.25) is 0 Å². The third kappa shape index (κ3) is 3.55. The minimum atomic E-state index is 0.328. The zero-order valence-corrected chi connectivity index (χ0v) is 11.5. The summed E-state index contributed by atoms with van der Waals surface area (Å²) in [5.41, 5.74) is 1.18. The molecule has 4 heteroatoms. The average molecular weight is 262 g/mol. The van der Waals surface area contributed by atoms with Gasteiger partial charge in [0.25, 0.3) is 0 Å². The van der Waals surface area contributed by atoms with E-state index < -0.39 is 0 Å². The molecule has 1 unspecified atom stereocenters. The first-order valence-corrected chi connectivity index (χ1v) is 7.02. The summed E-state index contributed by atoms with van der Waals surface area (Å²) in [5.74, 6) is 0.677. The SMILES string of the molecule is CCNC(C)c1ccc(OCc2cccs2)nc1. The fraction of sp³-hybridized carbons (Fsp3) is 0.357. The lowest BCUT2D eigenvalue weighted by Gasteiger charge is -2.12. The summed E-state index contributed by atoms with van der Waals surface area (Å²) in [6.45, 7) is 5.78. The lowest BCUT2D eigenvalue weighted by molar-refractivity contribution is 0.297. The summed E-state index contributed by atoms with van der Waals surface area (Å²) in [4.78, 5) is 5.53. The number of rotatable bonds is 6. The highest BCUT2D eigenvalue weighted by molar-refractivity contribution is 7.09. The Labute approximate surface area is 112 Å². The van der Waals surface area contributed by atoms with Gasteiger partial charge in [0.15, 0.2) is 0 Å². The van der Waals surface area contributed by atoms with Gasteiger partial charge in [-0.1, -0.05) is 19.1 Å². The smallest absolute Gasteiger partial charge is 0.213 e. The third-order valence-corrected chi connectivity index (χ3v) is 3.56. The maximum atomic E-state index is 5.62. The Balaban J connectivity index is 1.91. The van der Waals surface area contributed by atoms with Crippen LogP contribution in [0.4, 0.5) is 0 Å². The molecule has 18 heavy (non-hydrogen) atoms. The van der Waals surface area contributed by atoms with Crippen molar-refractivity contribution in [2.24, 2.45) is 0 Å². The summed E-state index contributed by atoms with van der Waals surface area (Å²) < 4.78 is 5.62. The van der Waals surface area contributed by atoms with E-state index in [0.29, 0.717) is 18.5 Å². The van der Waals surface area contributed by atoms with Crippen molar-refractivity contribution in [1.82, 2.24) is 10.3 Å². The fourth-order valence-electron chi connectivity index (χ4n) is 1.70. The van der Waals surface area contributed by atoms with Gasteiger partial charge in [-0.2, -0.15) is 0 Å². The van der Waals surface area contributed by atoms with Gasteiger partial charge in [0.2, 0.25) is 5.88 Å². The van der Waals surface area contributed by atoms with E-state index in [9.17, 15) is 0 Å². The number of nitrogens with one attached hydrogen (secondary N) is 1. The maximum absolute atomic E-state index is 5.62. The predicted octanol–water partition coefficient (Wildman–Crippen LogP) is 3.39. The molecule has 0 spiro atoms. The summed E-state index contributed by atoms with van der Waals surface area (Å²) in [6, 6.07) is 8.40. The summed E-state index contributed by atoms with van der Waals surface area (Å²) >= 11 is 1.69. The van der Waals surface area contributed by atoms with E-state index in [2.05, 4.69) is 36.3 Å². The maximum Gasteiger partial charge on any atom is 0.213 e. The standard InChI is InChI=1S/C14H18N2OS/c1-3-15-11(2)12-6-7-14(16-9-12)17-10-13-5-4-8-18-13/h4-9,11,15H,3,10H2,1-2H3. The first-order valence-electron chi connectivity index (χ1n) is 6.14. The Morgan fingerprint density at radius 2 is 2.28 bits per heavy atom. The molecule has 2 rings (SSSR count). The van der Waals surface area contributed by atoms with E-state index in [1.807, 2.05) is 23.7 Å². The Bertz CT molecular complexity index is 453. The Morgan fingerprint density at radius 1 is 1.39 bits per heavy atom. The zero-order chi connectivity index (χ0) is 12.8. The first kappa shape index (κ1) is 13.1. The molecule has 1 N–H and O–H groups in total. The fourth-order valence-corrected chi connectivity index (χ4v) is 2.31. The van der Waals surface area contributed by atoms with Crippen LogP contribution in [0, 0.1) is 0 Å². The van der Waals surface area contributed by atoms with Crippen molar-refractivity contribution >= 4 is 11.3 Å². The van der Waals surface area contributed by atoms with E-state index in [1.165, 1.54) is 10.4 Å². The van der Waals surface area contributed by atoms with Crippen LogP contribution in [0.3, 0.4) is 0 Å². The van der Waals surface area contributed by atoms with Crippen molar-refractivity contribution in [3.8, 4) is 5.88 Å². The highest BCUT2D eigenvalue weighted by Crippen LogP contribution is 2.16. The summed E-state index contributed by atoms with van der Waals surface area (Å²) in [6.07, 6.45) is 1.87. The monoisotopic (exact) mass is 262 g/mol. The minimum absolute atomic E-state index is 0.328. The Kier molecular flexibility index (Phi) is 4.73. The van der Waals surface area contributed by atoms with E-state index in [0.717, 1.165) is 6.54 Å². The molecule has 0 bridgehead atoms. The van der Waals surface area contributed by atoms with Gasteiger partial charge in [0.1, 0.15) is 6.61 Å². The van der Waals surface area contributed by atoms with Crippen LogP contribution in [-0.4, -0.2) is 11.5 Å². The Morgan fingerprint density at radius 3 is 2.89 bits per heavy atom. The summed E-state index contributed by atoms with van der Waals surface area (Å²) in [7, 11) is 0. The largest absolute Gasteiger partial charge is 0.472 e. The van der Waals surface area contributed by atoms with Gasteiger partial charge in [-0.05, 0) is 30.5 Å². The molecule has 0 saturated carbocycles. The lowest BCUT2D eigenvalue weighted by atomic mass is 10.1. The number of hydrogen-bond acceptors (Lipinski definition) is 4. The van der Waals surface area contributed by atoms with Crippen LogP contribution in [0.15, 0.2) is 35.8 Å². The number of nitrogens with zero attached hydrogens (tertiary/aromatic N) is 1. The molecule has 0 aliphatic rings. The van der Waals surface area contributed by atoms with Crippen molar-refractivity contribution in [3.63, 3.8) is 0 Å². The molecule has 2 aromatic heterocycles. The van der Waals surface area contributed by atoms with Crippen molar-refractivity contribution in [1.29, 1.82) is 0 Å². The Hall–Kier alpha value is -1.39. The molecular weight excluding hydrogens is 244 g/mol. The van der Waals surface area contributed by atoms with Gasteiger partial charge in [0.05, 0.1) is 0 Å². The molecule has 0 aliphatic carbocycles. The molecule has 0 saturated heterocycles. The van der Waals surface area contributed by atoms with Gasteiger partial charge in [0, 0.05) is 23.2 Å². The third-order valence-electron chi connectivity index (χ3n) is 2.71. The van der Waals surface area contributed by atoms with Crippen LogP contribution in [0.5, 0.6) is 5.88 Å². The molecule has 3 nitrogen and oxygen atoms in total. The second-order valence-electron chi connectivity index (χ2n) is 4.08. The molecule has 96 valence electrons. The zero-order valence-electron chi connectivity index (χ0n) is 10.7. The molecule has 1 atom stereocenters. The number of aromatic nitrogens is 1. The average Bonchev–Trinajstić information content (AvgIpc) is 2.90. The van der Waals surface area contributed by atoms with Crippen LogP contribution >= 0.6 is 11.3 Å². The molecular formula is C14H18N2OS.